The Balaban J connectivity index is 1.83. The molecule has 0 aliphatic carbocycles. The lowest BCUT2D eigenvalue weighted by atomic mass is 10.0. The first-order valence-corrected chi connectivity index (χ1v) is 6.46. The molecule has 0 fully saturated rings. The van der Waals surface area contributed by atoms with Gasteiger partial charge in [-0.25, -0.2) is 5.10 Å². The van der Waals surface area contributed by atoms with E-state index < -0.39 is 0 Å². The first-order valence-electron chi connectivity index (χ1n) is 6.46. The van der Waals surface area contributed by atoms with E-state index >= 15 is 0 Å². The molecular weight excluding hydrogens is 256 g/mol. The van der Waals surface area contributed by atoms with Crippen molar-refractivity contribution in [3.05, 3.63) is 41.7 Å². The Bertz CT molecular complexity index is 576. The highest BCUT2D eigenvalue weighted by Crippen LogP contribution is 2.09. The number of hydrogen-bond donors (Lipinski definition) is 2. The van der Waals surface area contributed by atoms with Crippen LogP contribution in [0.1, 0.15) is 35.7 Å². The van der Waals surface area contributed by atoms with Gasteiger partial charge in [0.2, 0.25) is 11.9 Å². The molecule has 0 saturated carbocycles. The number of carbonyl (C=O) groups excluding carboxylic acids is 2. The van der Waals surface area contributed by atoms with E-state index in [0.717, 1.165) is 6.42 Å². The van der Waals surface area contributed by atoms with Gasteiger partial charge >= 0.3 is 0 Å². The van der Waals surface area contributed by atoms with Gasteiger partial charge < -0.3 is 0 Å². The number of anilines is 1. The Morgan fingerprint density at radius 2 is 1.95 bits per heavy atom. The molecular formula is C14H16N4O2. The normalized spacial score (nSPS) is 10.2. The molecule has 1 amide bonds. The van der Waals surface area contributed by atoms with Crippen LogP contribution in [0, 0.1) is 0 Å². The van der Waals surface area contributed by atoms with E-state index in [0.29, 0.717) is 5.56 Å². The van der Waals surface area contributed by atoms with Crippen molar-refractivity contribution in [3.8, 4) is 0 Å². The number of benzene rings is 1. The number of rotatable bonds is 6. The highest BCUT2D eigenvalue weighted by atomic mass is 16.2. The van der Waals surface area contributed by atoms with Crippen LogP contribution in [0.2, 0.25) is 0 Å². The molecule has 0 unspecified atom stereocenters. The summed E-state index contributed by atoms with van der Waals surface area (Å²) in [5.41, 5.74) is 1.82. The molecule has 1 aromatic heterocycles. The summed E-state index contributed by atoms with van der Waals surface area (Å²) in [6, 6.07) is 7.47. The minimum atomic E-state index is -0.264. The Morgan fingerprint density at radius 3 is 2.55 bits per heavy atom. The number of aryl methyl sites for hydroxylation is 1. The van der Waals surface area contributed by atoms with Gasteiger partial charge in [0, 0.05) is 18.4 Å². The number of H-pyrrole nitrogens is 1. The molecule has 0 saturated heterocycles. The summed E-state index contributed by atoms with van der Waals surface area (Å²) >= 11 is 0. The molecule has 1 heterocycles. The predicted molar refractivity (Wildman–Crippen MR) is 74.4 cm³/mol. The second kappa shape index (κ2) is 6.60. The van der Waals surface area contributed by atoms with Crippen LogP contribution >= 0.6 is 0 Å². The van der Waals surface area contributed by atoms with E-state index in [4.69, 9.17) is 0 Å². The van der Waals surface area contributed by atoms with Gasteiger partial charge in [-0.1, -0.05) is 31.2 Å². The molecule has 0 radical (unpaired) electrons. The average Bonchev–Trinajstić information content (AvgIpc) is 2.97. The Labute approximate surface area is 116 Å². The van der Waals surface area contributed by atoms with Gasteiger partial charge in [-0.3, -0.25) is 14.9 Å². The summed E-state index contributed by atoms with van der Waals surface area (Å²) in [5, 5.41) is 8.67. The summed E-state index contributed by atoms with van der Waals surface area (Å²) in [7, 11) is 0. The second-order valence-electron chi connectivity index (χ2n) is 4.36. The number of carbonyl (C=O) groups is 2. The molecule has 6 heteroatoms. The highest BCUT2D eigenvalue weighted by Gasteiger charge is 2.10. The van der Waals surface area contributed by atoms with E-state index in [1.165, 1.54) is 11.9 Å². The predicted octanol–water partition coefficient (Wildman–Crippen LogP) is 1.97. The maximum absolute atomic E-state index is 11.9. The Hall–Kier alpha value is -2.50. The topological polar surface area (TPSA) is 87.7 Å². The third-order valence-corrected chi connectivity index (χ3v) is 2.94. The largest absolute Gasteiger partial charge is 0.295 e. The Morgan fingerprint density at radius 1 is 1.20 bits per heavy atom. The minimum absolute atomic E-state index is 0.0413. The number of amides is 1. The summed E-state index contributed by atoms with van der Waals surface area (Å²) in [5.74, 6) is -0.0181. The van der Waals surface area contributed by atoms with Gasteiger partial charge in [0.05, 0.1) is 0 Å². The number of ketones is 1. The number of aromatic nitrogens is 3. The van der Waals surface area contributed by atoms with Crippen molar-refractivity contribution in [2.24, 2.45) is 0 Å². The van der Waals surface area contributed by atoms with Gasteiger partial charge in [-0.05, 0) is 12.0 Å². The van der Waals surface area contributed by atoms with Gasteiger partial charge in [-0.15, -0.1) is 0 Å². The maximum atomic E-state index is 11.9. The van der Waals surface area contributed by atoms with Crippen molar-refractivity contribution in [3.63, 3.8) is 0 Å². The summed E-state index contributed by atoms with van der Waals surface area (Å²) in [4.78, 5) is 27.3. The third-order valence-electron chi connectivity index (χ3n) is 2.94. The van der Waals surface area contributed by atoms with Crippen LogP contribution < -0.4 is 5.32 Å². The van der Waals surface area contributed by atoms with E-state index in [-0.39, 0.29) is 30.5 Å². The smallest absolute Gasteiger partial charge is 0.227 e. The molecule has 2 aromatic rings. The van der Waals surface area contributed by atoms with Crippen molar-refractivity contribution >= 4 is 17.6 Å². The quantitative estimate of drug-likeness (QED) is 0.787. The van der Waals surface area contributed by atoms with E-state index in [1.54, 1.807) is 12.1 Å². The lowest BCUT2D eigenvalue weighted by Crippen LogP contribution is -2.14. The minimum Gasteiger partial charge on any atom is -0.295 e. The molecule has 20 heavy (non-hydrogen) atoms. The third kappa shape index (κ3) is 3.74. The standard InChI is InChI=1S/C14H16N4O2/c1-2-10-3-5-11(6-4-10)12(19)7-8-13(20)17-14-15-9-16-18-14/h3-6,9H,2,7-8H2,1H3,(H2,15,16,17,18,20). The number of nitrogens with zero attached hydrogens (tertiary/aromatic N) is 2. The fourth-order valence-corrected chi connectivity index (χ4v) is 1.76. The monoisotopic (exact) mass is 272 g/mol. The van der Waals surface area contributed by atoms with Crippen LogP contribution in [0.25, 0.3) is 0 Å². The number of hydrogen-bond acceptors (Lipinski definition) is 4. The zero-order valence-corrected chi connectivity index (χ0v) is 11.2. The lowest BCUT2D eigenvalue weighted by molar-refractivity contribution is -0.116. The van der Waals surface area contributed by atoms with Crippen LogP contribution in [0.3, 0.4) is 0 Å². The summed E-state index contributed by atoms with van der Waals surface area (Å²) in [6.45, 7) is 2.06. The fraction of sp³-hybridized carbons (Fsp3) is 0.286. The zero-order chi connectivity index (χ0) is 14.4. The first kappa shape index (κ1) is 13.9. The lowest BCUT2D eigenvalue weighted by Gasteiger charge is -2.03. The van der Waals surface area contributed by atoms with Crippen molar-refractivity contribution in [1.29, 1.82) is 0 Å². The van der Waals surface area contributed by atoms with Crippen molar-refractivity contribution in [1.82, 2.24) is 15.2 Å². The van der Waals surface area contributed by atoms with Crippen molar-refractivity contribution < 1.29 is 9.59 Å². The molecule has 1 aromatic carbocycles. The van der Waals surface area contributed by atoms with E-state index in [1.807, 2.05) is 12.1 Å². The SMILES string of the molecule is CCc1ccc(C(=O)CCC(=O)Nc2ncn[nH]2)cc1. The summed E-state index contributed by atoms with van der Waals surface area (Å²) in [6.07, 6.45) is 2.53. The molecule has 0 aliphatic heterocycles. The van der Waals surface area contributed by atoms with Crippen LogP contribution in [-0.2, 0) is 11.2 Å². The fourth-order valence-electron chi connectivity index (χ4n) is 1.76. The summed E-state index contributed by atoms with van der Waals surface area (Å²) < 4.78 is 0. The van der Waals surface area contributed by atoms with Gasteiger partial charge in [0.15, 0.2) is 5.78 Å². The highest BCUT2D eigenvalue weighted by molar-refractivity contribution is 5.99. The molecule has 0 spiro atoms. The zero-order valence-electron chi connectivity index (χ0n) is 11.2. The van der Waals surface area contributed by atoms with Gasteiger partial charge in [0.1, 0.15) is 6.33 Å². The van der Waals surface area contributed by atoms with Crippen molar-refractivity contribution in [2.75, 3.05) is 5.32 Å². The molecule has 2 rings (SSSR count). The molecule has 0 aliphatic rings. The van der Waals surface area contributed by atoms with Crippen LogP contribution in [0.15, 0.2) is 30.6 Å². The number of nitrogens with one attached hydrogen (secondary N) is 2. The average molecular weight is 272 g/mol. The molecule has 104 valence electrons. The van der Waals surface area contributed by atoms with Crippen LogP contribution in [0.4, 0.5) is 5.95 Å². The van der Waals surface area contributed by atoms with Gasteiger partial charge in [-0.2, -0.15) is 10.1 Å². The van der Waals surface area contributed by atoms with Crippen LogP contribution in [0.5, 0.6) is 0 Å². The van der Waals surface area contributed by atoms with Crippen molar-refractivity contribution in [2.45, 2.75) is 26.2 Å². The van der Waals surface area contributed by atoms with Gasteiger partial charge in [0.25, 0.3) is 0 Å². The molecule has 2 N–H and O–H groups in total. The molecule has 0 atom stereocenters. The molecule has 0 bridgehead atoms. The molecule has 6 nitrogen and oxygen atoms in total. The van der Waals surface area contributed by atoms with E-state index in [2.05, 4.69) is 27.4 Å². The van der Waals surface area contributed by atoms with Crippen LogP contribution in [-0.4, -0.2) is 26.9 Å². The number of aromatic amines is 1. The van der Waals surface area contributed by atoms with E-state index in [9.17, 15) is 9.59 Å². The Kier molecular flexibility index (Phi) is 4.60. The first-order chi connectivity index (χ1) is 9.69. The maximum Gasteiger partial charge on any atom is 0.227 e. The second-order valence-corrected chi connectivity index (χ2v) is 4.36. The number of Topliss-reactive ketones (excluding diaryl/α,β-unsaturated/α-hetero) is 1.